The van der Waals surface area contributed by atoms with Crippen molar-refractivity contribution < 1.29 is 34.0 Å². The molecule has 0 bridgehead atoms. The van der Waals surface area contributed by atoms with Crippen LogP contribution in [0.25, 0.3) is 22.3 Å². The number of aryl methyl sites for hydroxylation is 2. The lowest BCUT2D eigenvalue weighted by Crippen LogP contribution is -2.52. The van der Waals surface area contributed by atoms with Crippen molar-refractivity contribution in [3.8, 4) is 33.8 Å². The Labute approximate surface area is 471 Å². The average molecular weight is 1100 g/mol. The average Bonchev–Trinajstić information content (AvgIpc) is 3.75. The number of benzene rings is 4. The van der Waals surface area contributed by atoms with Gasteiger partial charge in [0.05, 0.1) is 40.6 Å². The highest BCUT2D eigenvalue weighted by atomic mass is 31.1. The number of Topliss-reactive ketones (excluding diaryl/α,β-unsaturated/α-hetero) is 1. The maximum absolute atomic E-state index is 12.8. The molecule has 428 valence electrons. The molecule has 77 heavy (non-hydrogen) atoms. The molecule has 7 nitrogen and oxygen atoms in total. The van der Waals surface area contributed by atoms with E-state index < -0.39 is 21.6 Å². The second-order valence-corrected chi connectivity index (χ2v) is 34.1. The Morgan fingerprint density at radius 3 is 1.04 bits per heavy atom. The number of ketones is 1. The summed E-state index contributed by atoms with van der Waals surface area (Å²) in [5.41, 5.74) is 16.6. The number of aliphatic hydroxyl groups is 2. The van der Waals surface area contributed by atoms with Crippen LogP contribution < -0.4 is 20.1 Å². The second kappa shape index (κ2) is 25.3. The quantitative estimate of drug-likeness (QED) is 0.129. The minimum absolute atomic E-state index is 0.0320. The molecule has 0 atom stereocenters. The zero-order chi connectivity index (χ0) is 58.1. The van der Waals surface area contributed by atoms with Crippen molar-refractivity contribution in [2.24, 2.45) is 0 Å². The van der Waals surface area contributed by atoms with Crippen molar-refractivity contribution in [2.75, 3.05) is 40.6 Å². The van der Waals surface area contributed by atoms with E-state index in [2.05, 4.69) is 201 Å². The van der Waals surface area contributed by atoms with Crippen molar-refractivity contribution in [2.45, 2.75) is 240 Å². The van der Waals surface area contributed by atoms with Gasteiger partial charge in [-0.3, -0.25) is 4.79 Å². The first-order valence-electron chi connectivity index (χ1n) is 29.0. The lowest BCUT2D eigenvalue weighted by molar-refractivity contribution is -0.178. The second-order valence-electron chi connectivity index (χ2n) is 27.0. The summed E-state index contributed by atoms with van der Waals surface area (Å²) < 4.78 is 24.5. The molecule has 9 heteroatoms. The van der Waals surface area contributed by atoms with Gasteiger partial charge in [-0.1, -0.05) is 179 Å². The van der Waals surface area contributed by atoms with Crippen molar-refractivity contribution in [1.29, 1.82) is 0 Å². The topological polar surface area (TPSA) is 94.5 Å². The number of ether oxygens (including phenoxy) is 4. The first-order valence-corrected chi connectivity index (χ1v) is 31.7. The van der Waals surface area contributed by atoms with Crippen LogP contribution in [0.3, 0.4) is 0 Å². The van der Waals surface area contributed by atoms with Gasteiger partial charge in [0.1, 0.15) is 17.3 Å². The number of methoxy groups -OCH3 is 2. The SMILES string of the molecule is COc1cc(P2C(C)(C)CC(=O)CC2(C)C)c(-c2c(C(C)C)cc(C(C)C)cc2C(C)C)cc1C.COc1cc(P2C(C)(C)CC3(CC2(C)C)OCCO3)c(-c2c(C(C)C)cc(C(C)C)cc2C(C)C)cc1C.OCCO. The molecule has 1 spiro atoms. The highest BCUT2D eigenvalue weighted by Crippen LogP contribution is 2.70. The predicted molar refractivity (Wildman–Crippen MR) is 333 cm³/mol. The number of hydrogen-bond donors (Lipinski definition) is 2. The molecule has 0 radical (unpaired) electrons. The van der Waals surface area contributed by atoms with Gasteiger partial charge in [0.25, 0.3) is 0 Å². The van der Waals surface area contributed by atoms with E-state index in [9.17, 15) is 4.79 Å². The summed E-state index contributed by atoms with van der Waals surface area (Å²) in [5, 5.41) is 18.0. The highest BCUT2D eigenvalue weighted by molar-refractivity contribution is 7.69. The molecule has 3 aliphatic heterocycles. The molecule has 0 amide bonds. The van der Waals surface area contributed by atoms with Gasteiger partial charge in [-0.25, -0.2) is 0 Å². The molecule has 0 saturated carbocycles. The Kier molecular flexibility index (Phi) is 21.3. The highest BCUT2D eigenvalue weighted by Gasteiger charge is 2.57. The summed E-state index contributed by atoms with van der Waals surface area (Å²) >= 11 is 0. The van der Waals surface area contributed by atoms with Gasteiger partial charge >= 0.3 is 0 Å². The molecule has 0 aromatic heterocycles. The summed E-state index contributed by atoms with van der Waals surface area (Å²) in [7, 11) is 2.34. The Hall–Kier alpha value is -3.15. The smallest absolute Gasteiger partial charge is 0.170 e. The molecule has 4 aromatic carbocycles. The van der Waals surface area contributed by atoms with Gasteiger partial charge in [-0.15, -0.1) is 0 Å². The third kappa shape index (κ3) is 14.1. The van der Waals surface area contributed by atoms with Crippen molar-refractivity contribution in [3.63, 3.8) is 0 Å². The van der Waals surface area contributed by atoms with E-state index in [1.165, 1.54) is 77.4 Å². The number of aliphatic hydroxyl groups excluding tert-OH is 2. The summed E-state index contributed by atoms with van der Waals surface area (Å²) in [6, 6.07) is 19.4. The van der Waals surface area contributed by atoms with Crippen molar-refractivity contribution >= 4 is 32.2 Å². The van der Waals surface area contributed by atoms with Crippen molar-refractivity contribution in [1.82, 2.24) is 0 Å². The van der Waals surface area contributed by atoms with E-state index in [4.69, 9.17) is 29.2 Å². The fraction of sp³-hybridized carbons (Fsp3) is 0.632. The Bertz CT molecular complexity index is 2580. The summed E-state index contributed by atoms with van der Waals surface area (Å²) in [6.45, 7) is 52.4. The molecule has 3 saturated heterocycles. The molecule has 4 aromatic rings. The van der Waals surface area contributed by atoms with Crippen LogP contribution in [0.1, 0.15) is 244 Å². The fourth-order valence-corrected chi connectivity index (χ4v) is 22.1. The van der Waals surface area contributed by atoms with Crippen molar-refractivity contribution in [3.05, 3.63) is 93.0 Å². The maximum atomic E-state index is 12.8. The van der Waals surface area contributed by atoms with Gasteiger partial charge < -0.3 is 29.2 Å². The fourth-order valence-electron chi connectivity index (χ4n) is 13.5. The van der Waals surface area contributed by atoms with Gasteiger partial charge in [0.15, 0.2) is 5.79 Å². The Balaban J connectivity index is 0.000000266. The normalized spacial score (nSPS) is 18.8. The summed E-state index contributed by atoms with van der Waals surface area (Å²) in [5.74, 6) is 4.56. The minimum atomic E-state index is -0.643. The molecule has 0 unspecified atom stereocenters. The number of rotatable bonds is 13. The number of carbonyl (C=O) groups is 1. The lowest BCUT2D eigenvalue weighted by atomic mass is 9.81. The van der Waals surface area contributed by atoms with Crippen LogP contribution >= 0.6 is 15.8 Å². The molecular formula is C68H104O7P2. The summed E-state index contributed by atoms with van der Waals surface area (Å²) in [6.07, 6.45) is 3.15. The zero-order valence-corrected chi connectivity index (χ0v) is 54.4. The number of hydrogen-bond acceptors (Lipinski definition) is 7. The van der Waals surface area contributed by atoms with Crippen LogP contribution in [0, 0.1) is 13.8 Å². The van der Waals surface area contributed by atoms with Gasteiger partial charge in [-0.05, 0) is 172 Å². The molecule has 3 fully saturated rings. The Morgan fingerprint density at radius 1 is 0.481 bits per heavy atom. The molecular weight excluding hydrogens is 991 g/mol. The largest absolute Gasteiger partial charge is 0.496 e. The third-order valence-electron chi connectivity index (χ3n) is 16.3. The zero-order valence-electron chi connectivity index (χ0n) is 52.6. The Morgan fingerprint density at radius 2 is 0.779 bits per heavy atom. The van der Waals surface area contributed by atoms with Crippen LogP contribution in [0.15, 0.2) is 48.5 Å². The van der Waals surface area contributed by atoms with E-state index in [-0.39, 0.29) is 33.8 Å². The summed E-state index contributed by atoms with van der Waals surface area (Å²) in [4.78, 5) is 12.8. The first kappa shape index (κ1) is 64.7. The first-order chi connectivity index (χ1) is 35.6. The van der Waals surface area contributed by atoms with Gasteiger partial charge in [-0.2, -0.15) is 0 Å². The van der Waals surface area contributed by atoms with Crippen LogP contribution in [-0.2, 0) is 14.3 Å². The predicted octanol–water partition coefficient (Wildman–Crippen LogP) is 17.3. The van der Waals surface area contributed by atoms with Crippen LogP contribution in [0.4, 0.5) is 0 Å². The van der Waals surface area contributed by atoms with E-state index in [0.29, 0.717) is 67.3 Å². The molecule has 7 rings (SSSR count). The third-order valence-corrected chi connectivity index (χ3v) is 23.5. The minimum Gasteiger partial charge on any atom is -0.496 e. The van der Waals surface area contributed by atoms with Crippen LogP contribution in [-0.4, -0.2) is 83.1 Å². The van der Waals surface area contributed by atoms with E-state index in [1.54, 1.807) is 7.11 Å². The standard InChI is InChI=1S/C34H51O3P.C32H47O2P.C2H6O2/c1-21(2)25-16-26(22(3)4)31(27(17-25)23(5)6)28-15-24(7)29(35-12)18-30(28)38-32(8,9)19-34(20-33(38,10)11)36-13-14-37-34;1-19(2)23-14-25(20(3)4)30(26(15-23)21(5)6)27-13-22(7)28(34-12)16-29(27)35-31(8,9)17-24(33)18-32(35,10)11;3-1-2-4/h15-18,21-23H,13-14,19-20H2,1-12H3;13-16,19-21H,17-18H2,1-12H3;3-4H,1-2H2. The van der Waals surface area contributed by atoms with E-state index in [1.807, 2.05) is 7.11 Å². The van der Waals surface area contributed by atoms with Gasteiger partial charge in [0, 0.05) is 25.7 Å². The van der Waals surface area contributed by atoms with Crippen LogP contribution in [0.5, 0.6) is 11.5 Å². The molecule has 3 aliphatic rings. The maximum Gasteiger partial charge on any atom is 0.170 e. The van der Waals surface area contributed by atoms with Crippen LogP contribution in [0.2, 0.25) is 0 Å². The molecule has 0 aliphatic carbocycles. The van der Waals surface area contributed by atoms with Gasteiger partial charge in [0.2, 0.25) is 0 Å². The number of carbonyl (C=O) groups excluding carboxylic acids is 1. The molecule has 2 N–H and O–H groups in total. The van der Waals surface area contributed by atoms with E-state index in [0.717, 1.165) is 24.3 Å². The monoisotopic (exact) mass is 1090 g/mol. The van der Waals surface area contributed by atoms with E-state index >= 15 is 0 Å². The lowest BCUT2D eigenvalue weighted by Gasteiger charge is -2.55. The molecule has 3 heterocycles.